The van der Waals surface area contributed by atoms with Gasteiger partial charge in [-0.2, -0.15) is 0 Å². The highest BCUT2D eigenvalue weighted by molar-refractivity contribution is 4.69. The Bertz CT molecular complexity index is 115. The summed E-state index contributed by atoms with van der Waals surface area (Å²) in [6, 6.07) is 1.03. The van der Waals surface area contributed by atoms with Crippen LogP contribution in [0.4, 0.5) is 0 Å². The monoisotopic (exact) mass is 186 g/mol. The van der Waals surface area contributed by atoms with Crippen LogP contribution in [0.15, 0.2) is 0 Å². The molecule has 0 bridgehead atoms. The molecule has 13 heavy (non-hydrogen) atoms. The second kappa shape index (κ2) is 7.34. The minimum Gasteiger partial charge on any atom is -0.327 e. The Kier molecular flexibility index (Phi) is 7.29. The van der Waals surface area contributed by atoms with Crippen LogP contribution in [0.3, 0.4) is 0 Å². The van der Waals surface area contributed by atoms with Gasteiger partial charge in [-0.15, -0.1) is 0 Å². The molecular formula is C11H26N2. The van der Waals surface area contributed by atoms with Crippen molar-refractivity contribution in [3.05, 3.63) is 0 Å². The van der Waals surface area contributed by atoms with E-state index in [-0.39, 0.29) is 0 Å². The minimum atomic E-state index is 0.356. The summed E-state index contributed by atoms with van der Waals surface area (Å²) in [5, 5.41) is 0. The van der Waals surface area contributed by atoms with E-state index in [4.69, 9.17) is 5.73 Å². The molecule has 0 saturated heterocycles. The minimum absolute atomic E-state index is 0.356. The summed E-state index contributed by atoms with van der Waals surface area (Å²) in [7, 11) is 2.18. The summed E-state index contributed by atoms with van der Waals surface area (Å²) in [6.45, 7) is 7.74. The van der Waals surface area contributed by atoms with Crippen LogP contribution < -0.4 is 5.73 Å². The molecule has 0 aromatic rings. The largest absolute Gasteiger partial charge is 0.327 e. The number of rotatable bonds is 7. The van der Waals surface area contributed by atoms with E-state index in [1.165, 1.54) is 19.3 Å². The van der Waals surface area contributed by atoms with E-state index >= 15 is 0 Å². The molecule has 0 heterocycles. The summed E-state index contributed by atoms with van der Waals surface area (Å²) >= 11 is 0. The van der Waals surface area contributed by atoms with Gasteiger partial charge in [-0.3, -0.25) is 0 Å². The molecule has 0 rings (SSSR count). The van der Waals surface area contributed by atoms with Crippen LogP contribution in [0.1, 0.15) is 46.5 Å². The lowest BCUT2D eigenvalue weighted by Gasteiger charge is -2.27. The van der Waals surface area contributed by atoms with Crippen molar-refractivity contribution in [3.8, 4) is 0 Å². The number of nitrogens with two attached hydrogens (primary N) is 1. The molecule has 0 aromatic heterocycles. The Morgan fingerprint density at radius 3 is 2.15 bits per heavy atom. The molecule has 0 amide bonds. The summed E-state index contributed by atoms with van der Waals surface area (Å²) in [6.07, 6.45) is 4.87. The van der Waals surface area contributed by atoms with E-state index in [0.29, 0.717) is 12.1 Å². The molecule has 0 fully saturated rings. The third-order valence-electron chi connectivity index (χ3n) is 2.64. The van der Waals surface area contributed by atoms with Crippen molar-refractivity contribution in [2.75, 3.05) is 13.6 Å². The predicted molar refractivity (Wildman–Crippen MR) is 59.9 cm³/mol. The van der Waals surface area contributed by atoms with Crippen LogP contribution in [0.25, 0.3) is 0 Å². The van der Waals surface area contributed by atoms with Crippen molar-refractivity contribution in [2.24, 2.45) is 5.73 Å². The lowest BCUT2D eigenvalue weighted by atomic mass is 10.1. The zero-order valence-corrected chi connectivity index (χ0v) is 9.71. The van der Waals surface area contributed by atoms with E-state index in [1.807, 2.05) is 0 Å². The number of nitrogens with zero attached hydrogens (tertiary/aromatic N) is 1. The topological polar surface area (TPSA) is 29.3 Å². The van der Waals surface area contributed by atoms with Gasteiger partial charge in [-0.25, -0.2) is 0 Å². The zero-order chi connectivity index (χ0) is 10.3. The van der Waals surface area contributed by atoms with E-state index < -0.39 is 0 Å². The molecule has 0 saturated carbocycles. The molecule has 2 atom stereocenters. The average molecular weight is 186 g/mol. The van der Waals surface area contributed by atoms with Crippen molar-refractivity contribution in [2.45, 2.75) is 58.5 Å². The Morgan fingerprint density at radius 1 is 1.15 bits per heavy atom. The zero-order valence-electron chi connectivity index (χ0n) is 9.71. The molecule has 2 nitrogen and oxygen atoms in total. The normalized spacial score (nSPS) is 16.2. The molecule has 0 aliphatic rings. The van der Waals surface area contributed by atoms with Gasteiger partial charge in [0.1, 0.15) is 0 Å². The highest BCUT2D eigenvalue weighted by Crippen LogP contribution is 2.05. The third-order valence-corrected chi connectivity index (χ3v) is 2.64. The number of likely N-dealkylation sites (N-methyl/N-ethyl adjacent to an activating group) is 1. The molecule has 2 unspecified atom stereocenters. The first-order valence-electron chi connectivity index (χ1n) is 5.57. The molecule has 80 valence electrons. The van der Waals surface area contributed by atoms with Crippen molar-refractivity contribution < 1.29 is 0 Å². The highest BCUT2D eigenvalue weighted by Gasteiger charge is 2.11. The van der Waals surface area contributed by atoms with Gasteiger partial charge in [-0.1, -0.05) is 26.7 Å². The van der Waals surface area contributed by atoms with Gasteiger partial charge < -0.3 is 10.6 Å². The number of hydrogen-bond donors (Lipinski definition) is 1. The molecule has 0 spiro atoms. The second-order valence-electron chi connectivity index (χ2n) is 4.13. The van der Waals surface area contributed by atoms with Crippen LogP contribution in [-0.4, -0.2) is 30.6 Å². The Balaban J connectivity index is 3.64. The maximum absolute atomic E-state index is 5.98. The smallest absolute Gasteiger partial charge is 0.0167 e. The molecule has 0 aliphatic heterocycles. The first-order valence-corrected chi connectivity index (χ1v) is 5.57. The Morgan fingerprint density at radius 2 is 1.69 bits per heavy atom. The first kappa shape index (κ1) is 12.9. The fraction of sp³-hybridized carbons (Fsp3) is 1.00. The first-order chi connectivity index (χ1) is 6.11. The highest BCUT2D eigenvalue weighted by atomic mass is 15.1. The lowest BCUT2D eigenvalue weighted by molar-refractivity contribution is 0.227. The Hall–Kier alpha value is -0.0800. The molecule has 0 radical (unpaired) electrons. The molecule has 2 heteroatoms. The maximum Gasteiger partial charge on any atom is 0.0167 e. The summed E-state index contributed by atoms with van der Waals surface area (Å²) in [5.74, 6) is 0. The standard InChI is InChI=1S/C11H26N2/c1-5-7-10(3)13(4)9-11(12)8-6-2/h10-11H,5-9,12H2,1-4H3. The summed E-state index contributed by atoms with van der Waals surface area (Å²) in [5.41, 5.74) is 5.98. The van der Waals surface area contributed by atoms with Gasteiger partial charge in [0.25, 0.3) is 0 Å². The van der Waals surface area contributed by atoms with Crippen LogP contribution >= 0.6 is 0 Å². The van der Waals surface area contributed by atoms with Crippen molar-refractivity contribution >= 4 is 0 Å². The molecule has 0 aliphatic carbocycles. The third kappa shape index (κ3) is 6.05. The SMILES string of the molecule is CCCC(N)CN(C)C(C)CCC. The van der Waals surface area contributed by atoms with Crippen LogP contribution in [0.5, 0.6) is 0 Å². The van der Waals surface area contributed by atoms with Crippen LogP contribution in [-0.2, 0) is 0 Å². The quantitative estimate of drug-likeness (QED) is 0.660. The van der Waals surface area contributed by atoms with Crippen molar-refractivity contribution in [1.29, 1.82) is 0 Å². The molecular weight excluding hydrogens is 160 g/mol. The van der Waals surface area contributed by atoms with E-state index in [1.54, 1.807) is 0 Å². The van der Waals surface area contributed by atoms with Gasteiger partial charge in [0.05, 0.1) is 0 Å². The fourth-order valence-electron chi connectivity index (χ4n) is 1.65. The van der Waals surface area contributed by atoms with Gasteiger partial charge in [-0.05, 0) is 26.8 Å². The predicted octanol–water partition coefficient (Wildman–Crippen LogP) is 2.23. The van der Waals surface area contributed by atoms with Crippen LogP contribution in [0.2, 0.25) is 0 Å². The van der Waals surface area contributed by atoms with Gasteiger partial charge in [0, 0.05) is 18.6 Å². The van der Waals surface area contributed by atoms with Crippen molar-refractivity contribution in [1.82, 2.24) is 4.90 Å². The van der Waals surface area contributed by atoms with Crippen molar-refractivity contribution in [3.63, 3.8) is 0 Å². The summed E-state index contributed by atoms with van der Waals surface area (Å²) in [4.78, 5) is 2.38. The molecule has 0 aromatic carbocycles. The van der Waals surface area contributed by atoms with Gasteiger partial charge in [0.2, 0.25) is 0 Å². The van der Waals surface area contributed by atoms with E-state index in [2.05, 4.69) is 32.7 Å². The van der Waals surface area contributed by atoms with E-state index in [0.717, 1.165) is 13.0 Å². The molecule has 2 N–H and O–H groups in total. The fourth-order valence-corrected chi connectivity index (χ4v) is 1.65. The van der Waals surface area contributed by atoms with Gasteiger partial charge in [0.15, 0.2) is 0 Å². The van der Waals surface area contributed by atoms with Crippen LogP contribution in [0, 0.1) is 0 Å². The maximum atomic E-state index is 5.98. The van der Waals surface area contributed by atoms with Gasteiger partial charge >= 0.3 is 0 Å². The Labute approximate surface area is 83.5 Å². The summed E-state index contributed by atoms with van der Waals surface area (Å²) < 4.78 is 0. The average Bonchev–Trinajstić information content (AvgIpc) is 2.05. The second-order valence-corrected chi connectivity index (χ2v) is 4.13. The van der Waals surface area contributed by atoms with E-state index in [9.17, 15) is 0 Å². The number of hydrogen-bond acceptors (Lipinski definition) is 2. The lowest BCUT2D eigenvalue weighted by Crippen LogP contribution is -2.39.